The van der Waals surface area contributed by atoms with Gasteiger partial charge in [0.15, 0.2) is 0 Å². The molecule has 0 N–H and O–H groups in total. The summed E-state index contributed by atoms with van der Waals surface area (Å²) in [6.45, 7) is 2.62. The van der Waals surface area contributed by atoms with Crippen molar-refractivity contribution < 1.29 is 0 Å². The molecule has 0 fully saturated rings. The number of hydrogen-bond acceptors (Lipinski definition) is 3. The second kappa shape index (κ2) is 7.70. The van der Waals surface area contributed by atoms with E-state index in [9.17, 15) is 4.79 Å². The molecule has 4 rings (SSSR count). The summed E-state index contributed by atoms with van der Waals surface area (Å²) in [5.41, 5.74) is 3.16. The van der Waals surface area contributed by atoms with E-state index < -0.39 is 0 Å². The third-order valence-electron chi connectivity index (χ3n) is 4.47. The Morgan fingerprint density at radius 3 is 2.26 bits per heavy atom. The van der Waals surface area contributed by atoms with E-state index in [1.807, 2.05) is 36.4 Å². The number of aromatic nitrogens is 2. The Hall–Kier alpha value is -1.76. The number of hydrogen-bond donors (Lipinski definition) is 0. The van der Waals surface area contributed by atoms with E-state index in [1.54, 1.807) is 22.2 Å². The Kier molecular flexibility index (Phi) is 5.30. The lowest BCUT2D eigenvalue weighted by Crippen LogP contribution is -2.21. The quantitative estimate of drug-likeness (QED) is 0.329. The van der Waals surface area contributed by atoms with E-state index in [4.69, 9.17) is 0 Å². The normalized spacial score (nSPS) is 11.2. The zero-order valence-electron chi connectivity index (χ0n) is 14.6. The first-order chi connectivity index (χ1) is 13.1. The van der Waals surface area contributed by atoms with Crippen LogP contribution >= 0.6 is 43.2 Å². The van der Waals surface area contributed by atoms with Gasteiger partial charge in [0, 0.05) is 19.4 Å². The van der Waals surface area contributed by atoms with Crippen LogP contribution in [0.5, 0.6) is 0 Å². The average molecular weight is 504 g/mol. The zero-order valence-corrected chi connectivity index (χ0v) is 18.6. The lowest BCUT2D eigenvalue weighted by Gasteiger charge is -2.07. The highest BCUT2D eigenvalue weighted by Gasteiger charge is 2.18. The van der Waals surface area contributed by atoms with Crippen molar-refractivity contribution in [3.8, 4) is 11.1 Å². The van der Waals surface area contributed by atoms with Crippen LogP contribution in [0.1, 0.15) is 17.4 Å². The van der Waals surface area contributed by atoms with E-state index in [-0.39, 0.29) is 5.56 Å². The van der Waals surface area contributed by atoms with Crippen molar-refractivity contribution in [2.75, 3.05) is 0 Å². The smallest absolute Gasteiger partial charge is 0.263 e. The fourth-order valence-corrected chi connectivity index (χ4v) is 4.76. The molecule has 0 radical (unpaired) electrons. The maximum absolute atomic E-state index is 13.3. The molecule has 0 bridgehead atoms. The van der Waals surface area contributed by atoms with Crippen molar-refractivity contribution in [1.82, 2.24) is 9.55 Å². The van der Waals surface area contributed by atoms with Crippen molar-refractivity contribution in [2.24, 2.45) is 0 Å². The van der Waals surface area contributed by atoms with Crippen molar-refractivity contribution in [2.45, 2.75) is 19.9 Å². The second-order valence-corrected chi connectivity index (χ2v) is 9.16. The third kappa shape index (κ3) is 3.66. The predicted octanol–water partition coefficient (Wildman–Crippen LogP) is 6.26. The molecular formula is C21H16Br2N2OS. The van der Waals surface area contributed by atoms with E-state index >= 15 is 0 Å². The van der Waals surface area contributed by atoms with Gasteiger partial charge in [-0.2, -0.15) is 0 Å². The van der Waals surface area contributed by atoms with Gasteiger partial charge in [-0.3, -0.25) is 9.36 Å². The first kappa shape index (κ1) is 18.6. The van der Waals surface area contributed by atoms with E-state index in [2.05, 4.69) is 55.9 Å². The third-order valence-corrected chi connectivity index (χ3v) is 6.77. The SMILES string of the molecule is CCc1sc2ncn(Cc3ccc(Br)cc3)c(=O)c2c1-c1ccc(Br)cc1. The van der Waals surface area contributed by atoms with Crippen molar-refractivity contribution in [3.63, 3.8) is 0 Å². The predicted molar refractivity (Wildman–Crippen MR) is 120 cm³/mol. The van der Waals surface area contributed by atoms with Crippen LogP contribution in [0.15, 0.2) is 68.6 Å². The molecule has 2 aromatic carbocycles. The number of benzene rings is 2. The van der Waals surface area contributed by atoms with Gasteiger partial charge in [-0.05, 0) is 41.8 Å². The summed E-state index contributed by atoms with van der Waals surface area (Å²) in [6.07, 6.45) is 2.53. The van der Waals surface area contributed by atoms with Gasteiger partial charge in [0.05, 0.1) is 18.3 Å². The fraction of sp³-hybridized carbons (Fsp3) is 0.143. The summed E-state index contributed by atoms with van der Waals surface area (Å²) in [6, 6.07) is 16.1. The Morgan fingerprint density at radius 2 is 1.63 bits per heavy atom. The van der Waals surface area contributed by atoms with Gasteiger partial charge >= 0.3 is 0 Å². The molecule has 0 spiro atoms. The maximum Gasteiger partial charge on any atom is 0.263 e. The summed E-state index contributed by atoms with van der Waals surface area (Å²) in [7, 11) is 0. The van der Waals surface area contributed by atoms with Crippen LogP contribution in [0.2, 0.25) is 0 Å². The van der Waals surface area contributed by atoms with E-state index in [1.165, 1.54) is 4.88 Å². The summed E-state index contributed by atoms with van der Waals surface area (Å²) in [5, 5.41) is 0.721. The number of fused-ring (bicyclic) bond motifs is 1. The van der Waals surface area contributed by atoms with Crippen LogP contribution in [0.25, 0.3) is 21.3 Å². The Bertz CT molecular complexity index is 1160. The molecule has 2 aromatic heterocycles. The highest BCUT2D eigenvalue weighted by Crippen LogP contribution is 2.36. The van der Waals surface area contributed by atoms with Gasteiger partial charge in [0.2, 0.25) is 0 Å². The number of halogens is 2. The Morgan fingerprint density at radius 1 is 1.00 bits per heavy atom. The van der Waals surface area contributed by atoms with Crippen LogP contribution in [-0.2, 0) is 13.0 Å². The van der Waals surface area contributed by atoms with E-state index in [0.29, 0.717) is 6.54 Å². The standard InChI is InChI=1S/C21H16Br2N2OS/c1-2-17-18(14-5-9-16(23)10-6-14)19-20(27-17)24-12-25(21(19)26)11-13-3-7-15(22)8-4-13/h3-10,12H,2,11H2,1H3. The summed E-state index contributed by atoms with van der Waals surface area (Å²) in [5.74, 6) is 0. The fourth-order valence-electron chi connectivity index (χ4n) is 3.14. The first-order valence-electron chi connectivity index (χ1n) is 8.58. The largest absolute Gasteiger partial charge is 0.294 e. The highest BCUT2D eigenvalue weighted by molar-refractivity contribution is 9.10. The molecule has 0 amide bonds. The van der Waals surface area contributed by atoms with E-state index in [0.717, 1.165) is 42.3 Å². The molecule has 136 valence electrons. The second-order valence-electron chi connectivity index (χ2n) is 6.24. The van der Waals surface area contributed by atoms with Crippen LogP contribution in [0.3, 0.4) is 0 Å². The molecule has 2 heterocycles. The van der Waals surface area contributed by atoms with Gasteiger partial charge in [0.25, 0.3) is 5.56 Å². The molecule has 6 heteroatoms. The molecule has 0 saturated heterocycles. The zero-order chi connectivity index (χ0) is 19.0. The minimum absolute atomic E-state index is 0.0109. The number of nitrogens with zero attached hydrogens (tertiary/aromatic N) is 2. The topological polar surface area (TPSA) is 34.9 Å². The maximum atomic E-state index is 13.3. The molecule has 3 nitrogen and oxygen atoms in total. The molecule has 0 aliphatic heterocycles. The van der Waals surface area contributed by atoms with Gasteiger partial charge in [-0.1, -0.05) is 63.0 Å². The van der Waals surface area contributed by atoms with Crippen molar-refractivity contribution >= 4 is 53.4 Å². The van der Waals surface area contributed by atoms with Crippen LogP contribution in [-0.4, -0.2) is 9.55 Å². The van der Waals surface area contributed by atoms with Gasteiger partial charge in [-0.25, -0.2) is 4.98 Å². The Labute approximate surface area is 178 Å². The summed E-state index contributed by atoms with van der Waals surface area (Å²) in [4.78, 5) is 19.9. The van der Waals surface area contributed by atoms with Crippen LogP contribution in [0.4, 0.5) is 0 Å². The van der Waals surface area contributed by atoms with Crippen LogP contribution in [0, 0.1) is 0 Å². The minimum Gasteiger partial charge on any atom is -0.294 e. The lowest BCUT2D eigenvalue weighted by molar-refractivity contribution is 0.749. The molecule has 4 aromatic rings. The van der Waals surface area contributed by atoms with Gasteiger partial charge < -0.3 is 0 Å². The molecule has 27 heavy (non-hydrogen) atoms. The molecule has 0 atom stereocenters. The lowest BCUT2D eigenvalue weighted by atomic mass is 10.0. The van der Waals surface area contributed by atoms with Gasteiger partial charge in [-0.15, -0.1) is 11.3 Å². The van der Waals surface area contributed by atoms with Crippen molar-refractivity contribution in [3.05, 3.63) is 84.6 Å². The minimum atomic E-state index is 0.0109. The number of aryl methyl sites for hydroxylation is 1. The monoisotopic (exact) mass is 502 g/mol. The number of rotatable bonds is 4. The molecule has 0 aliphatic carbocycles. The van der Waals surface area contributed by atoms with Gasteiger partial charge in [0.1, 0.15) is 4.83 Å². The van der Waals surface area contributed by atoms with Crippen LogP contribution < -0.4 is 5.56 Å². The Balaban J connectivity index is 1.88. The first-order valence-corrected chi connectivity index (χ1v) is 11.0. The summed E-state index contributed by atoms with van der Waals surface area (Å²) >= 11 is 8.54. The molecule has 0 saturated carbocycles. The average Bonchev–Trinajstić information content (AvgIpc) is 3.06. The number of thiophene rings is 1. The molecule has 0 unspecified atom stereocenters. The van der Waals surface area contributed by atoms with Crippen molar-refractivity contribution in [1.29, 1.82) is 0 Å². The highest BCUT2D eigenvalue weighted by atomic mass is 79.9. The molecular weight excluding hydrogens is 488 g/mol. The summed E-state index contributed by atoms with van der Waals surface area (Å²) < 4.78 is 3.74. The molecule has 0 aliphatic rings.